The van der Waals surface area contributed by atoms with Gasteiger partial charge in [-0.25, -0.2) is 0 Å². The van der Waals surface area contributed by atoms with Crippen molar-refractivity contribution in [2.45, 2.75) is 0 Å². The molecule has 2 heterocycles. The van der Waals surface area contributed by atoms with Crippen molar-refractivity contribution in [3.63, 3.8) is 0 Å². The Kier molecular flexibility index (Phi) is 5.69. The summed E-state index contributed by atoms with van der Waals surface area (Å²) in [6.45, 7) is 0. The van der Waals surface area contributed by atoms with Crippen LogP contribution in [0.15, 0.2) is 158 Å². The van der Waals surface area contributed by atoms with Gasteiger partial charge in [0, 0.05) is 11.3 Å². The normalized spacial score (nSPS) is 11.4. The highest BCUT2D eigenvalue weighted by Crippen LogP contribution is 2.43. The minimum absolute atomic E-state index is 0.169. The van der Waals surface area contributed by atoms with Gasteiger partial charge in [0.25, 0.3) is 0 Å². The van der Waals surface area contributed by atoms with Crippen molar-refractivity contribution >= 4 is 60.9 Å². The molecule has 0 amide bonds. The molecule has 204 valence electrons. The number of fused-ring (bicyclic) bond motifs is 4. The van der Waals surface area contributed by atoms with Gasteiger partial charge in [0.05, 0.1) is 32.9 Å². The summed E-state index contributed by atoms with van der Waals surface area (Å²) >= 11 is 0. The molecule has 8 aromatic rings. The summed E-state index contributed by atoms with van der Waals surface area (Å²) in [6.07, 6.45) is 0. The number of benzene rings is 6. The van der Waals surface area contributed by atoms with Crippen LogP contribution in [0.2, 0.25) is 0 Å². The molecule has 0 aliphatic rings. The lowest BCUT2D eigenvalue weighted by Gasteiger charge is -2.28. The van der Waals surface area contributed by atoms with Crippen LogP contribution >= 0.6 is 0 Å². The molecule has 6 aromatic carbocycles. The maximum atomic E-state index is 14.0. The smallest absolute Gasteiger partial charge is 0.200 e. The van der Waals surface area contributed by atoms with E-state index >= 15 is 0 Å². The van der Waals surface area contributed by atoms with Crippen molar-refractivity contribution < 1.29 is 8.83 Å². The van der Waals surface area contributed by atoms with Gasteiger partial charge in [-0.1, -0.05) is 84.9 Å². The van der Waals surface area contributed by atoms with E-state index in [0.29, 0.717) is 49.6 Å². The average molecular weight is 558 g/mol. The fraction of sp³-hybridized carbons (Fsp3) is 0. The minimum Gasteiger partial charge on any atom is -0.456 e. The van der Waals surface area contributed by atoms with Crippen molar-refractivity contribution in [3.05, 3.63) is 160 Å². The highest BCUT2D eigenvalue weighted by Gasteiger charge is 2.22. The van der Waals surface area contributed by atoms with Gasteiger partial charge in [0.15, 0.2) is 5.58 Å². The monoisotopic (exact) mass is 557 g/mol. The highest BCUT2D eigenvalue weighted by atomic mass is 16.3. The molecule has 0 fully saturated rings. The van der Waals surface area contributed by atoms with E-state index in [2.05, 4.69) is 29.2 Å². The van der Waals surface area contributed by atoms with Gasteiger partial charge in [-0.2, -0.15) is 0 Å². The van der Waals surface area contributed by atoms with Gasteiger partial charge in [0.2, 0.25) is 10.9 Å². The Morgan fingerprint density at radius 3 is 1.81 bits per heavy atom. The topological polar surface area (TPSA) is 63.7 Å². The Bertz CT molecular complexity index is 2440. The van der Waals surface area contributed by atoms with Gasteiger partial charge in [-0.15, -0.1) is 0 Å². The molecular weight excluding hydrogens is 534 g/mol. The Morgan fingerprint density at radius 2 is 1.02 bits per heavy atom. The van der Waals surface area contributed by atoms with Crippen LogP contribution in [0.5, 0.6) is 0 Å². The quantitative estimate of drug-likeness (QED) is 0.202. The summed E-state index contributed by atoms with van der Waals surface area (Å²) in [4.78, 5) is 29.5. The number of anilines is 3. The molecule has 0 saturated heterocycles. The van der Waals surface area contributed by atoms with E-state index in [1.54, 1.807) is 36.4 Å². The lowest BCUT2D eigenvalue weighted by Crippen LogP contribution is -2.13. The maximum absolute atomic E-state index is 14.0. The molecule has 0 N–H and O–H groups in total. The molecule has 0 bridgehead atoms. The second-order valence-corrected chi connectivity index (χ2v) is 10.4. The Morgan fingerprint density at radius 1 is 0.442 bits per heavy atom. The van der Waals surface area contributed by atoms with Crippen molar-refractivity contribution in [1.29, 1.82) is 0 Å². The van der Waals surface area contributed by atoms with Crippen molar-refractivity contribution in [2.24, 2.45) is 0 Å². The predicted octanol–water partition coefficient (Wildman–Crippen LogP) is 9.34. The third-order valence-corrected chi connectivity index (χ3v) is 7.86. The van der Waals surface area contributed by atoms with Crippen LogP contribution in [0.3, 0.4) is 0 Å². The number of para-hydroxylation sites is 4. The first kappa shape index (κ1) is 24.8. The van der Waals surface area contributed by atoms with E-state index in [1.165, 1.54) is 0 Å². The minimum atomic E-state index is -0.194. The highest BCUT2D eigenvalue weighted by molar-refractivity contribution is 6.04. The molecule has 43 heavy (non-hydrogen) atoms. The molecule has 5 heteroatoms. The fourth-order valence-electron chi connectivity index (χ4n) is 5.85. The zero-order chi connectivity index (χ0) is 28.9. The standard InChI is InChI=1S/C38H23NO4/c40-36-27-17-8-10-21-33(27)42-34-22-30-35(23-29(34)36)43-38-28(37(30)41)18-11-20-32(38)39(25-14-5-2-6-15-25)31-19-9-7-16-26(31)24-12-3-1-4-13-24/h1-23H. The van der Waals surface area contributed by atoms with Crippen LogP contribution in [0, 0.1) is 0 Å². The van der Waals surface area contributed by atoms with E-state index < -0.39 is 0 Å². The second kappa shape index (κ2) is 9.86. The molecule has 0 unspecified atom stereocenters. The van der Waals surface area contributed by atoms with Crippen LogP contribution < -0.4 is 15.8 Å². The average Bonchev–Trinajstić information content (AvgIpc) is 3.06. The Labute approximate surface area is 245 Å². The van der Waals surface area contributed by atoms with Crippen LogP contribution in [-0.4, -0.2) is 0 Å². The van der Waals surface area contributed by atoms with Crippen LogP contribution in [0.1, 0.15) is 0 Å². The molecule has 0 radical (unpaired) electrons. The van der Waals surface area contributed by atoms with E-state index in [1.807, 2.05) is 78.9 Å². The molecular formula is C38H23NO4. The summed E-state index contributed by atoms with van der Waals surface area (Å²) in [5.74, 6) is 0. The molecule has 0 aliphatic heterocycles. The Balaban J connectivity index is 1.44. The summed E-state index contributed by atoms with van der Waals surface area (Å²) < 4.78 is 12.6. The van der Waals surface area contributed by atoms with Crippen molar-refractivity contribution in [2.75, 3.05) is 4.90 Å². The van der Waals surface area contributed by atoms with Crippen LogP contribution in [0.25, 0.3) is 55.0 Å². The first-order chi connectivity index (χ1) is 21.2. The first-order valence-corrected chi connectivity index (χ1v) is 14.0. The molecule has 8 rings (SSSR count). The third kappa shape index (κ3) is 4.02. The Hall–Kier alpha value is -5.94. The number of nitrogens with zero attached hydrogens (tertiary/aromatic N) is 1. The molecule has 0 aliphatic carbocycles. The van der Waals surface area contributed by atoms with Gasteiger partial charge < -0.3 is 13.7 Å². The molecule has 5 nitrogen and oxygen atoms in total. The molecule has 0 atom stereocenters. The van der Waals surface area contributed by atoms with Gasteiger partial charge in [0.1, 0.15) is 16.7 Å². The first-order valence-electron chi connectivity index (χ1n) is 14.0. The summed E-state index contributed by atoms with van der Waals surface area (Å²) in [5.41, 5.74) is 5.85. The number of rotatable bonds is 4. The number of hydrogen-bond acceptors (Lipinski definition) is 5. The SMILES string of the molecule is O=c1c2ccccc2oc2cc3c(=O)c4cccc(N(c5ccccc5)c5ccccc5-c5ccccc5)c4oc3cc12. The van der Waals surface area contributed by atoms with Gasteiger partial charge in [-0.05, 0) is 60.2 Å². The zero-order valence-electron chi connectivity index (χ0n) is 22.9. The third-order valence-electron chi connectivity index (χ3n) is 7.86. The van der Waals surface area contributed by atoms with Crippen molar-refractivity contribution in [1.82, 2.24) is 0 Å². The molecule has 0 spiro atoms. The lowest BCUT2D eigenvalue weighted by atomic mass is 10.0. The summed E-state index contributed by atoms with van der Waals surface area (Å²) in [6, 6.07) is 44.4. The van der Waals surface area contributed by atoms with E-state index in [9.17, 15) is 9.59 Å². The number of hydrogen-bond donors (Lipinski definition) is 0. The summed E-state index contributed by atoms with van der Waals surface area (Å²) in [7, 11) is 0. The van der Waals surface area contributed by atoms with E-state index in [4.69, 9.17) is 8.83 Å². The largest absolute Gasteiger partial charge is 0.456 e. The van der Waals surface area contributed by atoms with Crippen LogP contribution in [0.4, 0.5) is 17.1 Å². The summed E-state index contributed by atoms with van der Waals surface area (Å²) in [5, 5.41) is 1.63. The van der Waals surface area contributed by atoms with Gasteiger partial charge in [-0.3, -0.25) is 9.59 Å². The van der Waals surface area contributed by atoms with Crippen LogP contribution in [-0.2, 0) is 0 Å². The lowest BCUT2D eigenvalue weighted by molar-refractivity contribution is 0.652. The molecule has 2 aromatic heterocycles. The van der Waals surface area contributed by atoms with E-state index in [-0.39, 0.29) is 10.9 Å². The van der Waals surface area contributed by atoms with Crippen molar-refractivity contribution in [3.8, 4) is 11.1 Å². The predicted molar refractivity (Wildman–Crippen MR) is 174 cm³/mol. The second-order valence-electron chi connectivity index (χ2n) is 10.4. The molecule has 0 saturated carbocycles. The zero-order valence-corrected chi connectivity index (χ0v) is 22.9. The van der Waals surface area contributed by atoms with Gasteiger partial charge >= 0.3 is 0 Å². The fourth-order valence-corrected chi connectivity index (χ4v) is 5.85. The van der Waals surface area contributed by atoms with E-state index in [0.717, 1.165) is 22.5 Å². The maximum Gasteiger partial charge on any atom is 0.200 e.